The first-order valence-corrected chi connectivity index (χ1v) is 9.51. The fourth-order valence-corrected chi connectivity index (χ4v) is 3.91. The molecule has 0 bridgehead atoms. The van der Waals surface area contributed by atoms with E-state index in [0.29, 0.717) is 12.5 Å². The molecule has 0 spiro atoms. The lowest BCUT2D eigenvalue weighted by Gasteiger charge is -2.35. The van der Waals surface area contributed by atoms with Crippen LogP contribution in [0, 0.1) is 11.8 Å². The van der Waals surface area contributed by atoms with Crippen LogP contribution in [-0.4, -0.2) is 23.9 Å². The number of para-hydroxylation sites is 1. The summed E-state index contributed by atoms with van der Waals surface area (Å²) < 4.78 is 0. The Balaban J connectivity index is 0.00000261. The monoisotopic (exact) mass is 478 g/mol. The molecule has 2 atom stereocenters. The first kappa shape index (κ1) is 21.7. The van der Waals surface area contributed by atoms with E-state index in [0.717, 1.165) is 24.1 Å². The first-order chi connectivity index (χ1) is 12.6. The fraction of sp³-hybridized carbons (Fsp3) is 0.409. The molecule has 146 valence electrons. The second-order valence-corrected chi connectivity index (χ2v) is 7.60. The summed E-state index contributed by atoms with van der Waals surface area (Å²) in [6.45, 7) is 8.66. The second-order valence-electron chi connectivity index (χ2n) is 7.60. The maximum atomic E-state index is 6.05. The van der Waals surface area contributed by atoms with Crippen molar-refractivity contribution in [2.45, 2.75) is 33.4 Å². The summed E-state index contributed by atoms with van der Waals surface area (Å²) in [6.07, 6.45) is 1.34. The van der Waals surface area contributed by atoms with Gasteiger partial charge in [0.15, 0.2) is 5.96 Å². The third-order valence-corrected chi connectivity index (χ3v) is 4.92. The lowest BCUT2D eigenvalue weighted by molar-refractivity contribution is 0.134. The molecule has 2 unspecified atom stereocenters. The van der Waals surface area contributed by atoms with E-state index < -0.39 is 0 Å². The molecule has 1 saturated heterocycles. The Morgan fingerprint density at radius 2 is 1.59 bits per heavy atom. The molecule has 0 saturated carbocycles. The number of guanidine groups is 1. The van der Waals surface area contributed by atoms with Gasteiger partial charge in [0, 0.05) is 25.3 Å². The van der Waals surface area contributed by atoms with Crippen molar-refractivity contribution < 1.29 is 0 Å². The summed E-state index contributed by atoms with van der Waals surface area (Å²) in [6, 6.07) is 18.5. The predicted octanol–water partition coefficient (Wildman–Crippen LogP) is 4.71. The molecule has 1 aliphatic heterocycles. The first-order valence-electron chi connectivity index (χ1n) is 9.51. The highest BCUT2D eigenvalue weighted by atomic mass is 127. The van der Waals surface area contributed by atoms with Gasteiger partial charge in [0.25, 0.3) is 0 Å². The number of rotatable bonds is 5. The van der Waals surface area contributed by atoms with E-state index in [2.05, 4.69) is 53.3 Å². The molecular formula is C22H31IN4. The second kappa shape index (κ2) is 10.7. The minimum absolute atomic E-state index is 0. The van der Waals surface area contributed by atoms with Gasteiger partial charge in [-0.1, -0.05) is 56.3 Å². The van der Waals surface area contributed by atoms with Crippen molar-refractivity contribution in [1.29, 1.82) is 0 Å². The van der Waals surface area contributed by atoms with Crippen molar-refractivity contribution >= 4 is 35.6 Å². The van der Waals surface area contributed by atoms with Gasteiger partial charge in [-0.05, 0) is 41.5 Å². The van der Waals surface area contributed by atoms with Gasteiger partial charge in [-0.15, -0.1) is 24.0 Å². The summed E-state index contributed by atoms with van der Waals surface area (Å²) in [5.74, 6) is 2.00. The molecule has 2 aromatic carbocycles. The van der Waals surface area contributed by atoms with Crippen molar-refractivity contribution in [3.8, 4) is 0 Å². The zero-order chi connectivity index (χ0) is 18.4. The molecule has 2 aromatic rings. The maximum Gasteiger partial charge on any atom is 0.193 e. The average Bonchev–Trinajstić information content (AvgIpc) is 2.61. The highest BCUT2D eigenvalue weighted by Crippen LogP contribution is 2.23. The third kappa shape index (κ3) is 6.81. The Bertz CT molecular complexity index is 722. The molecule has 27 heavy (non-hydrogen) atoms. The molecule has 1 aliphatic rings. The number of nitrogens with two attached hydrogens (primary N) is 1. The molecule has 3 rings (SSSR count). The molecule has 0 aromatic heterocycles. The van der Waals surface area contributed by atoms with Crippen LogP contribution < -0.4 is 11.1 Å². The van der Waals surface area contributed by atoms with Gasteiger partial charge >= 0.3 is 0 Å². The number of nitrogens with one attached hydrogen (secondary N) is 1. The normalized spacial score (nSPS) is 20.7. The highest BCUT2D eigenvalue weighted by Gasteiger charge is 2.22. The number of hydrogen-bond acceptors (Lipinski definition) is 2. The predicted molar refractivity (Wildman–Crippen MR) is 125 cm³/mol. The summed E-state index contributed by atoms with van der Waals surface area (Å²) in [7, 11) is 0. The molecule has 0 radical (unpaired) electrons. The zero-order valence-corrected chi connectivity index (χ0v) is 18.6. The SMILES string of the molecule is CC1CC(C)CN(Cc2ccccc2CN=C(N)Nc2ccccc2)C1.I. The quantitative estimate of drug-likeness (QED) is 0.372. The zero-order valence-electron chi connectivity index (χ0n) is 16.3. The molecular weight excluding hydrogens is 447 g/mol. The van der Waals surface area contributed by atoms with Crippen LogP contribution in [0.2, 0.25) is 0 Å². The Morgan fingerprint density at radius 3 is 2.26 bits per heavy atom. The van der Waals surface area contributed by atoms with Crippen molar-refractivity contribution in [3.63, 3.8) is 0 Å². The third-order valence-electron chi connectivity index (χ3n) is 4.92. The largest absolute Gasteiger partial charge is 0.370 e. The van der Waals surface area contributed by atoms with E-state index in [4.69, 9.17) is 5.73 Å². The number of anilines is 1. The molecule has 4 nitrogen and oxygen atoms in total. The van der Waals surface area contributed by atoms with Gasteiger partial charge < -0.3 is 11.1 Å². The van der Waals surface area contributed by atoms with Crippen LogP contribution in [-0.2, 0) is 13.1 Å². The Kier molecular flexibility index (Phi) is 8.57. The molecule has 0 aliphatic carbocycles. The van der Waals surface area contributed by atoms with Crippen LogP contribution >= 0.6 is 24.0 Å². The summed E-state index contributed by atoms with van der Waals surface area (Å²) >= 11 is 0. The molecule has 3 N–H and O–H groups in total. The summed E-state index contributed by atoms with van der Waals surface area (Å²) in [5.41, 5.74) is 9.61. The van der Waals surface area contributed by atoms with Crippen molar-refractivity contribution in [3.05, 3.63) is 65.7 Å². The van der Waals surface area contributed by atoms with Gasteiger partial charge in [-0.25, -0.2) is 4.99 Å². The van der Waals surface area contributed by atoms with Crippen molar-refractivity contribution in [1.82, 2.24) is 4.90 Å². The Morgan fingerprint density at radius 1 is 1.00 bits per heavy atom. The van der Waals surface area contributed by atoms with E-state index in [9.17, 15) is 0 Å². The van der Waals surface area contributed by atoms with Crippen LogP contribution in [0.15, 0.2) is 59.6 Å². The van der Waals surface area contributed by atoms with Gasteiger partial charge in [-0.2, -0.15) is 0 Å². The lowest BCUT2D eigenvalue weighted by Crippen LogP contribution is -2.38. The topological polar surface area (TPSA) is 53.6 Å². The molecule has 5 heteroatoms. The molecule has 0 amide bonds. The van der Waals surface area contributed by atoms with Crippen molar-refractivity contribution in [2.24, 2.45) is 22.6 Å². The average molecular weight is 478 g/mol. The number of benzene rings is 2. The van der Waals surface area contributed by atoms with Crippen LogP contribution in [0.25, 0.3) is 0 Å². The van der Waals surface area contributed by atoms with Gasteiger partial charge in [0.2, 0.25) is 0 Å². The Labute approximate surface area is 180 Å². The number of halogens is 1. The number of piperidine rings is 1. The van der Waals surface area contributed by atoms with E-state index in [1.165, 1.54) is 30.6 Å². The van der Waals surface area contributed by atoms with Crippen molar-refractivity contribution in [2.75, 3.05) is 18.4 Å². The van der Waals surface area contributed by atoms with E-state index in [1.807, 2.05) is 30.3 Å². The number of aliphatic imine (C=N–C) groups is 1. The fourth-order valence-electron chi connectivity index (χ4n) is 3.91. The van der Waals surface area contributed by atoms with E-state index in [1.54, 1.807) is 0 Å². The van der Waals surface area contributed by atoms with Gasteiger partial charge in [-0.3, -0.25) is 4.90 Å². The smallest absolute Gasteiger partial charge is 0.193 e. The summed E-state index contributed by atoms with van der Waals surface area (Å²) in [4.78, 5) is 7.11. The van der Waals surface area contributed by atoms with E-state index in [-0.39, 0.29) is 24.0 Å². The van der Waals surface area contributed by atoms with Gasteiger partial charge in [0.1, 0.15) is 0 Å². The minimum Gasteiger partial charge on any atom is -0.370 e. The molecule has 1 heterocycles. The van der Waals surface area contributed by atoms with Crippen LogP contribution in [0.5, 0.6) is 0 Å². The van der Waals surface area contributed by atoms with Crippen LogP contribution in [0.1, 0.15) is 31.4 Å². The van der Waals surface area contributed by atoms with Crippen LogP contribution in [0.3, 0.4) is 0 Å². The molecule has 1 fully saturated rings. The standard InChI is InChI=1S/C22H30N4.HI/c1-17-12-18(2)15-26(14-17)16-20-9-7-6-8-19(20)13-24-22(23)25-21-10-4-3-5-11-21;/h3-11,17-18H,12-16H2,1-2H3,(H3,23,24,25);1H. The summed E-state index contributed by atoms with van der Waals surface area (Å²) in [5, 5.41) is 3.14. The number of likely N-dealkylation sites (tertiary alicyclic amines) is 1. The minimum atomic E-state index is 0. The van der Waals surface area contributed by atoms with Crippen LogP contribution in [0.4, 0.5) is 5.69 Å². The maximum absolute atomic E-state index is 6.05. The highest BCUT2D eigenvalue weighted by molar-refractivity contribution is 14.0. The number of hydrogen-bond donors (Lipinski definition) is 2. The van der Waals surface area contributed by atoms with E-state index >= 15 is 0 Å². The lowest BCUT2D eigenvalue weighted by atomic mass is 9.91. The Hall–Kier alpha value is -1.60. The number of nitrogens with zero attached hydrogens (tertiary/aromatic N) is 2. The van der Waals surface area contributed by atoms with Gasteiger partial charge in [0.05, 0.1) is 6.54 Å².